The summed E-state index contributed by atoms with van der Waals surface area (Å²) in [5, 5.41) is 7.65. The van der Waals surface area contributed by atoms with E-state index < -0.39 is 0 Å². The van der Waals surface area contributed by atoms with Crippen LogP contribution in [0.4, 0.5) is 0 Å². The van der Waals surface area contributed by atoms with E-state index in [9.17, 15) is 0 Å². The van der Waals surface area contributed by atoms with E-state index in [1.165, 1.54) is 17.5 Å². The summed E-state index contributed by atoms with van der Waals surface area (Å²) in [5.74, 6) is 1.04. The fraction of sp³-hybridized carbons (Fsp3) is 0.350. The van der Waals surface area contributed by atoms with Crippen LogP contribution in [-0.4, -0.2) is 6.21 Å². The number of rotatable bonds is 8. The smallest absolute Gasteiger partial charge is 0.00134 e. The molecule has 1 nitrogen and oxygen atoms in total. The fourth-order valence-corrected chi connectivity index (χ4v) is 2.78. The van der Waals surface area contributed by atoms with Crippen LogP contribution < -0.4 is 0 Å². The van der Waals surface area contributed by atoms with Gasteiger partial charge in [0.05, 0.1) is 0 Å². The maximum atomic E-state index is 7.65. The maximum Gasteiger partial charge on any atom is -0.00134 e. The molecule has 0 bridgehead atoms. The van der Waals surface area contributed by atoms with Gasteiger partial charge in [0.1, 0.15) is 0 Å². The fourth-order valence-electron chi connectivity index (χ4n) is 2.78. The lowest BCUT2D eigenvalue weighted by Crippen LogP contribution is -2.09. The SMILES string of the molecule is CC(CCC(C=N)Cc1ccccc1)Cc1ccccc1. The third-order valence-corrected chi connectivity index (χ3v) is 4.03. The van der Waals surface area contributed by atoms with Gasteiger partial charge in [0.25, 0.3) is 0 Å². The molecular weight excluding hydrogens is 254 g/mol. The van der Waals surface area contributed by atoms with Gasteiger partial charge in [-0.1, -0.05) is 67.6 Å². The highest BCUT2D eigenvalue weighted by Crippen LogP contribution is 2.19. The van der Waals surface area contributed by atoms with Crippen molar-refractivity contribution in [3.63, 3.8) is 0 Å². The predicted molar refractivity (Wildman–Crippen MR) is 91.0 cm³/mol. The molecule has 110 valence electrons. The molecule has 0 saturated heterocycles. The summed E-state index contributed by atoms with van der Waals surface area (Å²) < 4.78 is 0. The standard InChI is InChI=1S/C20H25N/c1-17(14-18-8-4-2-5-9-18)12-13-20(16-21)15-19-10-6-3-7-11-19/h2-11,16-17,20-21H,12-15H2,1H3. The molecule has 2 rings (SSSR count). The van der Waals surface area contributed by atoms with Crippen LogP contribution >= 0.6 is 0 Å². The Morgan fingerprint density at radius 2 is 1.33 bits per heavy atom. The molecule has 1 heteroatoms. The lowest BCUT2D eigenvalue weighted by Gasteiger charge is -2.16. The van der Waals surface area contributed by atoms with Gasteiger partial charge >= 0.3 is 0 Å². The quantitative estimate of drug-likeness (QED) is 0.646. The first-order valence-corrected chi connectivity index (χ1v) is 7.86. The molecule has 1 N–H and O–H groups in total. The van der Waals surface area contributed by atoms with Crippen molar-refractivity contribution in [1.29, 1.82) is 5.41 Å². The predicted octanol–water partition coefficient (Wildman–Crippen LogP) is 5.15. The molecule has 0 fully saturated rings. The second kappa shape index (κ2) is 8.41. The first-order chi connectivity index (χ1) is 10.3. The van der Waals surface area contributed by atoms with Crippen LogP contribution in [0, 0.1) is 17.2 Å². The van der Waals surface area contributed by atoms with E-state index in [-0.39, 0.29) is 0 Å². The number of benzene rings is 2. The lowest BCUT2D eigenvalue weighted by molar-refractivity contribution is 0.466. The van der Waals surface area contributed by atoms with E-state index in [1.54, 1.807) is 6.21 Å². The van der Waals surface area contributed by atoms with E-state index in [0.29, 0.717) is 11.8 Å². The Morgan fingerprint density at radius 1 is 0.810 bits per heavy atom. The molecule has 2 atom stereocenters. The van der Waals surface area contributed by atoms with E-state index >= 15 is 0 Å². The van der Waals surface area contributed by atoms with E-state index in [2.05, 4.69) is 61.5 Å². The molecule has 0 aliphatic heterocycles. The summed E-state index contributed by atoms with van der Waals surface area (Å²) in [6.07, 6.45) is 6.04. The average molecular weight is 279 g/mol. The number of hydrogen-bond acceptors (Lipinski definition) is 1. The van der Waals surface area contributed by atoms with Gasteiger partial charge in [0, 0.05) is 0 Å². The van der Waals surface area contributed by atoms with Crippen molar-refractivity contribution in [1.82, 2.24) is 0 Å². The van der Waals surface area contributed by atoms with Crippen molar-refractivity contribution in [3.05, 3.63) is 71.8 Å². The molecule has 0 amide bonds. The van der Waals surface area contributed by atoms with Crippen LogP contribution in [0.1, 0.15) is 30.9 Å². The Balaban J connectivity index is 1.78. The van der Waals surface area contributed by atoms with Crippen molar-refractivity contribution >= 4 is 6.21 Å². The van der Waals surface area contributed by atoms with Crippen LogP contribution in [0.25, 0.3) is 0 Å². The zero-order valence-corrected chi connectivity index (χ0v) is 12.8. The van der Waals surface area contributed by atoms with Crippen LogP contribution in [0.3, 0.4) is 0 Å². The van der Waals surface area contributed by atoms with Gasteiger partial charge in [-0.05, 0) is 54.9 Å². The van der Waals surface area contributed by atoms with E-state index in [0.717, 1.165) is 19.3 Å². The third kappa shape index (κ3) is 5.55. The summed E-state index contributed by atoms with van der Waals surface area (Å²) >= 11 is 0. The van der Waals surface area contributed by atoms with E-state index in [4.69, 9.17) is 5.41 Å². The van der Waals surface area contributed by atoms with Crippen molar-refractivity contribution < 1.29 is 0 Å². The summed E-state index contributed by atoms with van der Waals surface area (Å²) in [7, 11) is 0. The Morgan fingerprint density at radius 3 is 1.86 bits per heavy atom. The van der Waals surface area contributed by atoms with Crippen molar-refractivity contribution in [2.24, 2.45) is 11.8 Å². The molecule has 0 spiro atoms. The molecule has 21 heavy (non-hydrogen) atoms. The minimum Gasteiger partial charge on any atom is -0.313 e. The maximum absolute atomic E-state index is 7.65. The summed E-state index contributed by atoms with van der Waals surface area (Å²) in [6.45, 7) is 2.32. The van der Waals surface area contributed by atoms with Crippen LogP contribution in [-0.2, 0) is 12.8 Å². The Kier molecular flexibility index (Phi) is 6.21. The molecule has 2 aromatic carbocycles. The molecule has 0 aliphatic rings. The highest BCUT2D eigenvalue weighted by molar-refractivity contribution is 5.57. The van der Waals surface area contributed by atoms with Gasteiger partial charge in [0.2, 0.25) is 0 Å². The highest BCUT2D eigenvalue weighted by Gasteiger charge is 2.10. The molecule has 0 saturated carbocycles. The number of nitrogens with one attached hydrogen (secondary N) is 1. The summed E-state index contributed by atoms with van der Waals surface area (Å²) in [6, 6.07) is 21.2. The molecule has 0 heterocycles. The van der Waals surface area contributed by atoms with Gasteiger partial charge in [-0.3, -0.25) is 0 Å². The van der Waals surface area contributed by atoms with Gasteiger partial charge in [0.15, 0.2) is 0 Å². The number of hydrogen-bond donors (Lipinski definition) is 1. The minimum atomic E-state index is 0.366. The molecule has 0 radical (unpaired) electrons. The Hall–Kier alpha value is -1.89. The lowest BCUT2D eigenvalue weighted by atomic mass is 9.89. The topological polar surface area (TPSA) is 23.9 Å². The summed E-state index contributed by atoms with van der Waals surface area (Å²) in [4.78, 5) is 0. The van der Waals surface area contributed by atoms with Gasteiger partial charge in [-0.25, -0.2) is 0 Å². The average Bonchev–Trinajstić information content (AvgIpc) is 2.53. The molecule has 0 aromatic heterocycles. The summed E-state index contributed by atoms with van der Waals surface area (Å²) in [5.41, 5.74) is 2.75. The van der Waals surface area contributed by atoms with Crippen LogP contribution in [0.15, 0.2) is 60.7 Å². The normalized spacial score (nSPS) is 13.6. The highest BCUT2D eigenvalue weighted by atomic mass is 14.3. The van der Waals surface area contributed by atoms with Gasteiger partial charge in [-0.2, -0.15) is 0 Å². The van der Waals surface area contributed by atoms with Gasteiger partial charge in [-0.15, -0.1) is 0 Å². The van der Waals surface area contributed by atoms with Crippen molar-refractivity contribution in [2.45, 2.75) is 32.6 Å². The molecule has 2 unspecified atom stereocenters. The van der Waals surface area contributed by atoms with Crippen LogP contribution in [0.5, 0.6) is 0 Å². The largest absolute Gasteiger partial charge is 0.313 e. The second-order valence-electron chi connectivity index (χ2n) is 5.99. The van der Waals surface area contributed by atoms with Crippen LogP contribution in [0.2, 0.25) is 0 Å². The van der Waals surface area contributed by atoms with Gasteiger partial charge < -0.3 is 5.41 Å². The minimum absolute atomic E-state index is 0.366. The molecular formula is C20H25N. The Bertz CT molecular complexity index is 518. The first kappa shape index (κ1) is 15.5. The first-order valence-electron chi connectivity index (χ1n) is 7.86. The third-order valence-electron chi connectivity index (χ3n) is 4.03. The molecule has 0 aliphatic carbocycles. The molecule has 2 aromatic rings. The second-order valence-corrected chi connectivity index (χ2v) is 5.99. The Labute approximate surface area is 128 Å². The zero-order chi connectivity index (χ0) is 14.9. The van der Waals surface area contributed by atoms with Crippen molar-refractivity contribution in [2.75, 3.05) is 0 Å². The zero-order valence-electron chi connectivity index (χ0n) is 12.8. The van der Waals surface area contributed by atoms with E-state index in [1.807, 2.05) is 6.07 Å². The van der Waals surface area contributed by atoms with Crippen molar-refractivity contribution in [3.8, 4) is 0 Å². The monoisotopic (exact) mass is 279 g/mol.